The Labute approximate surface area is 106 Å². The van der Waals surface area contributed by atoms with Crippen molar-refractivity contribution < 1.29 is 4.74 Å². The van der Waals surface area contributed by atoms with Gasteiger partial charge in [-0.1, -0.05) is 20.3 Å². The Bertz CT molecular complexity index is 532. The van der Waals surface area contributed by atoms with Gasteiger partial charge in [0.05, 0.1) is 6.10 Å². The van der Waals surface area contributed by atoms with Crippen molar-refractivity contribution in [2.45, 2.75) is 52.4 Å². The molecule has 1 saturated heterocycles. The first-order valence-corrected chi connectivity index (χ1v) is 6.50. The molecule has 0 bridgehead atoms. The fourth-order valence-electron chi connectivity index (χ4n) is 2.54. The fraction of sp³-hybridized carbons (Fsp3) is 0.692. The Morgan fingerprint density at radius 1 is 1.50 bits per heavy atom. The van der Waals surface area contributed by atoms with E-state index in [-0.39, 0.29) is 29.5 Å². The predicted molar refractivity (Wildman–Crippen MR) is 68.7 cm³/mol. The number of rotatable bonds is 3. The maximum Gasteiger partial charge on any atom is 0.330 e. The first-order valence-electron chi connectivity index (χ1n) is 6.50. The highest BCUT2D eigenvalue weighted by molar-refractivity contribution is 5.02. The van der Waals surface area contributed by atoms with Crippen LogP contribution in [-0.2, 0) is 4.74 Å². The maximum absolute atomic E-state index is 11.8. The number of hydrogen-bond acceptors (Lipinski definition) is 3. The Morgan fingerprint density at radius 3 is 2.89 bits per heavy atom. The van der Waals surface area contributed by atoms with E-state index in [0.717, 1.165) is 19.3 Å². The zero-order valence-electron chi connectivity index (χ0n) is 11.1. The van der Waals surface area contributed by atoms with Gasteiger partial charge in [-0.2, -0.15) is 0 Å². The highest BCUT2D eigenvalue weighted by Crippen LogP contribution is 2.34. The van der Waals surface area contributed by atoms with Gasteiger partial charge >= 0.3 is 5.69 Å². The predicted octanol–water partition coefficient (Wildman–Crippen LogP) is 1.57. The summed E-state index contributed by atoms with van der Waals surface area (Å²) >= 11 is 0. The molecular weight excluding hydrogens is 232 g/mol. The number of H-pyrrole nitrogens is 1. The lowest BCUT2D eigenvalue weighted by atomic mass is 10.0. The van der Waals surface area contributed by atoms with Gasteiger partial charge in [-0.3, -0.25) is 14.3 Å². The third-order valence-electron chi connectivity index (χ3n) is 3.48. The highest BCUT2D eigenvalue weighted by atomic mass is 16.5. The summed E-state index contributed by atoms with van der Waals surface area (Å²) in [5.74, 6) is 0.282. The van der Waals surface area contributed by atoms with E-state index in [9.17, 15) is 9.59 Å². The van der Waals surface area contributed by atoms with E-state index < -0.39 is 0 Å². The molecule has 0 saturated carbocycles. The first kappa shape index (κ1) is 13.1. The number of hydrogen-bond donors (Lipinski definition) is 1. The van der Waals surface area contributed by atoms with Gasteiger partial charge in [-0.05, 0) is 19.8 Å². The van der Waals surface area contributed by atoms with Crippen molar-refractivity contribution in [1.29, 1.82) is 0 Å². The molecule has 0 aromatic carbocycles. The molecule has 1 aliphatic heterocycles. The van der Waals surface area contributed by atoms with Crippen molar-refractivity contribution in [2.75, 3.05) is 0 Å². The SMILES string of the molecule is CCCC1CC(C)C(n2cc(C)c(=O)[nH]c2=O)O1. The molecule has 0 spiro atoms. The quantitative estimate of drug-likeness (QED) is 0.888. The summed E-state index contributed by atoms with van der Waals surface area (Å²) < 4.78 is 7.43. The van der Waals surface area contributed by atoms with Crippen molar-refractivity contribution in [3.8, 4) is 0 Å². The molecule has 1 fully saturated rings. The van der Waals surface area contributed by atoms with Crippen molar-refractivity contribution in [2.24, 2.45) is 5.92 Å². The topological polar surface area (TPSA) is 64.1 Å². The van der Waals surface area contributed by atoms with E-state index in [1.54, 1.807) is 13.1 Å². The number of aryl methyl sites for hydroxylation is 1. The second kappa shape index (κ2) is 5.10. The summed E-state index contributed by atoms with van der Waals surface area (Å²) in [7, 11) is 0. The van der Waals surface area contributed by atoms with Crippen molar-refractivity contribution in [1.82, 2.24) is 9.55 Å². The van der Waals surface area contributed by atoms with E-state index in [2.05, 4.69) is 18.8 Å². The molecule has 100 valence electrons. The molecule has 1 N–H and O–H groups in total. The van der Waals surface area contributed by atoms with Gasteiger partial charge < -0.3 is 4.74 Å². The molecule has 5 heteroatoms. The summed E-state index contributed by atoms with van der Waals surface area (Å²) in [6, 6.07) is 0. The Morgan fingerprint density at radius 2 is 2.22 bits per heavy atom. The second-order valence-electron chi connectivity index (χ2n) is 5.13. The van der Waals surface area contributed by atoms with Crippen molar-refractivity contribution in [3.63, 3.8) is 0 Å². The lowest BCUT2D eigenvalue weighted by molar-refractivity contribution is -0.0163. The maximum atomic E-state index is 11.8. The van der Waals surface area contributed by atoms with Gasteiger partial charge in [0.15, 0.2) is 0 Å². The molecule has 0 radical (unpaired) electrons. The lowest BCUT2D eigenvalue weighted by Crippen LogP contribution is -2.34. The molecular formula is C13H20N2O3. The van der Waals surface area contributed by atoms with Crippen molar-refractivity contribution in [3.05, 3.63) is 32.6 Å². The largest absolute Gasteiger partial charge is 0.354 e. The third kappa shape index (κ3) is 2.41. The molecule has 2 heterocycles. The molecule has 2 rings (SSSR count). The molecule has 0 amide bonds. The molecule has 1 aromatic heterocycles. The minimum atomic E-state index is -0.389. The standard InChI is InChI=1S/C13H20N2O3/c1-4-5-10-6-8(2)12(18-10)15-7-9(3)11(16)14-13(15)17/h7-8,10,12H,4-6H2,1-3H3,(H,14,16,17). The smallest absolute Gasteiger partial charge is 0.330 e. The van der Waals surface area contributed by atoms with Crippen LogP contribution in [0.2, 0.25) is 0 Å². The summed E-state index contributed by atoms with van der Waals surface area (Å²) in [4.78, 5) is 25.5. The van der Waals surface area contributed by atoms with Crippen LogP contribution >= 0.6 is 0 Å². The van der Waals surface area contributed by atoms with Crippen LogP contribution in [0.25, 0.3) is 0 Å². The lowest BCUT2D eigenvalue weighted by Gasteiger charge is -2.18. The van der Waals surface area contributed by atoms with E-state index in [0.29, 0.717) is 5.56 Å². The molecule has 5 nitrogen and oxygen atoms in total. The number of ether oxygens (including phenoxy) is 1. The Kier molecular flexibility index (Phi) is 3.71. The monoisotopic (exact) mass is 252 g/mol. The molecule has 1 aliphatic rings. The third-order valence-corrected chi connectivity index (χ3v) is 3.48. The van der Waals surface area contributed by atoms with E-state index >= 15 is 0 Å². The van der Waals surface area contributed by atoms with Gasteiger partial charge in [0, 0.05) is 17.7 Å². The number of aromatic nitrogens is 2. The number of aromatic amines is 1. The van der Waals surface area contributed by atoms with Crippen LogP contribution in [0.4, 0.5) is 0 Å². The summed E-state index contributed by atoms with van der Waals surface area (Å²) in [5.41, 5.74) is -0.184. The summed E-state index contributed by atoms with van der Waals surface area (Å²) in [6.07, 6.45) is 4.60. The summed E-state index contributed by atoms with van der Waals surface area (Å²) in [6.45, 7) is 5.89. The summed E-state index contributed by atoms with van der Waals surface area (Å²) in [5, 5.41) is 0. The Hall–Kier alpha value is -1.36. The highest BCUT2D eigenvalue weighted by Gasteiger charge is 2.33. The average Bonchev–Trinajstić information content (AvgIpc) is 2.65. The zero-order valence-corrected chi connectivity index (χ0v) is 11.1. The average molecular weight is 252 g/mol. The van der Waals surface area contributed by atoms with Crippen LogP contribution in [0, 0.1) is 12.8 Å². The van der Waals surface area contributed by atoms with E-state index in [1.165, 1.54) is 4.57 Å². The van der Waals surface area contributed by atoms with Gasteiger partial charge in [0.25, 0.3) is 5.56 Å². The van der Waals surface area contributed by atoms with E-state index in [4.69, 9.17) is 4.74 Å². The molecule has 0 aliphatic carbocycles. The van der Waals surface area contributed by atoms with Crippen LogP contribution in [0.15, 0.2) is 15.8 Å². The van der Waals surface area contributed by atoms with Crippen LogP contribution in [-0.4, -0.2) is 15.7 Å². The van der Waals surface area contributed by atoms with Crippen LogP contribution in [0.3, 0.4) is 0 Å². The molecule has 1 aromatic rings. The van der Waals surface area contributed by atoms with Gasteiger partial charge in [0.1, 0.15) is 6.23 Å². The van der Waals surface area contributed by atoms with Gasteiger partial charge in [-0.25, -0.2) is 4.79 Å². The van der Waals surface area contributed by atoms with Crippen molar-refractivity contribution >= 4 is 0 Å². The van der Waals surface area contributed by atoms with Gasteiger partial charge in [0.2, 0.25) is 0 Å². The fourth-order valence-corrected chi connectivity index (χ4v) is 2.54. The number of nitrogens with one attached hydrogen (secondary N) is 1. The molecule has 3 atom stereocenters. The van der Waals surface area contributed by atoms with Crippen LogP contribution in [0.1, 0.15) is 44.9 Å². The molecule has 3 unspecified atom stereocenters. The van der Waals surface area contributed by atoms with E-state index in [1.807, 2.05) is 0 Å². The Balaban J connectivity index is 2.30. The van der Waals surface area contributed by atoms with Crippen LogP contribution in [0.5, 0.6) is 0 Å². The zero-order chi connectivity index (χ0) is 13.3. The second-order valence-corrected chi connectivity index (χ2v) is 5.13. The molecule has 18 heavy (non-hydrogen) atoms. The minimum absolute atomic E-state index is 0.217. The number of nitrogens with zero attached hydrogens (tertiary/aromatic N) is 1. The minimum Gasteiger partial charge on any atom is -0.354 e. The normalized spacial score (nSPS) is 27.6. The first-order chi connectivity index (χ1) is 8.52. The van der Waals surface area contributed by atoms with Gasteiger partial charge in [-0.15, -0.1) is 0 Å². The van der Waals surface area contributed by atoms with Crippen LogP contribution < -0.4 is 11.2 Å².